The molecule has 154 valence electrons. The van der Waals surface area contributed by atoms with E-state index in [9.17, 15) is 9.18 Å². The number of nitrogens with zero attached hydrogens (tertiary/aromatic N) is 4. The van der Waals surface area contributed by atoms with Crippen LogP contribution in [0.2, 0.25) is 5.02 Å². The van der Waals surface area contributed by atoms with E-state index >= 15 is 0 Å². The lowest BCUT2D eigenvalue weighted by Crippen LogP contribution is -2.44. The summed E-state index contributed by atoms with van der Waals surface area (Å²) in [7, 11) is 0. The predicted molar refractivity (Wildman–Crippen MR) is 111 cm³/mol. The quantitative estimate of drug-likeness (QED) is 0.538. The number of aromatic amines is 1. The van der Waals surface area contributed by atoms with Gasteiger partial charge in [0.1, 0.15) is 5.82 Å². The molecule has 0 saturated carbocycles. The van der Waals surface area contributed by atoms with Crippen LogP contribution in [0.5, 0.6) is 0 Å². The zero-order valence-electron chi connectivity index (χ0n) is 16.1. The van der Waals surface area contributed by atoms with Crippen LogP contribution < -0.4 is 15.5 Å². The summed E-state index contributed by atoms with van der Waals surface area (Å²) in [5.74, 6) is 0.320. The molecule has 4 heterocycles. The molecule has 8 nitrogen and oxygen atoms in total. The van der Waals surface area contributed by atoms with Gasteiger partial charge < -0.3 is 15.5 Å². The van der Waals surface area contributed by atoms with Crippen LogP contribution in [0.4, 0.5) is 21.8 Å². The summed E-state index contributed by atoms with van der Waals surface area (Å²) in [6.45, 7) is 3.27. The number of anilines is 3. The van der Waals surface area contributed by atoms with Crippen LogP contribution in [-0.4, -0.2) is 51.1 Å². The zero-order valence-corrected chi connectivity index (χ0v) is 16.9. The molecule has 2 bridgehead atoms. The fourth-order valence-corrected chi connectivity index (χ4v) is 4.24. The second-order valence-corrected chi connectivity index (χ2v) is 7.91. The summed E-state index contributed by atoms with van der Waals surface area (Å²) in [5.41, 5.74) is 0.521. The maximum absolute atomic E-state index is 14.6. The fraction of sp³-hybridized carbons (Fsp3) is 0.300. The molecule has 5 rings (SSSR count). The Morgan fingerprint density at radius 3 is 2.90 bits per heavy atom. The molecule has 0 aliphatic carbocycles. The Labute approximate surface area is 176 Å². The number of H-pyrrole nitrogens is 1. The van der Waals surface area contributed by atoms with Gasteiger partial charge in [-0.2, -0.15) is 5.10 Å². The molecule has 3 aromatic rings. The molecule has 0 radical (unpaired) electrons. The average molecular weight is 428 g/mol. The number of carbonyl (C=O) groups excluding carboxylic acids is 1. The number of hydrogen-bond acceptors (Lipinski definition) is 7. The minimum absolute atomic E-state index is 0.103. The van der Waals surface area contributed by atoms with Crippen LogP contribution in [0.3, 0.4) is 0 Å². The Hall–Kier alpha value is -3.04. The van der Waals surface area contributed by atoms with Gasteiger partial charge in [-0.3, -0.25) is 9.89 Å². The maximum atomic E-state index is 14.6. The molecule has 2 fully saturated rings. The van der Waals surface area contributed by atoms with E-state index < -0.39 is 11.6 Å². The average Bonchev–Trinajstić information content (AvgIpc) is 3.49. The van der Waals surface area contributed by atoms with Crippen molar-refractivity contribution in [2.45, 2.75) is 25.4 Å². The highest BCUT2D eigenvalue weighted by molar-refractivity contribution is 6.31. The van der Waals surface area contributed by atoms with E-state index in [0.29, 0.717) is 35.7 Å². The third kappa shape index (κ3) is 3.20. The maximum Gasteiger partial charge on any atom is 0.218 e. The summed E-state index contributed by atoms with van der Waals surface area (Å²) < 4.78 is 14.6. The number of aromatic nitrogens is 4. The van der Waals surface area contributed by atoms with Gasteiger partial charge in [0.05, 0.1) is 22.5 Å². The Balaban J connectivity index is 1.61. The number of benzene rings is 1. The van der Waals surface area contributed by atoms with Gasteiger partial charge in [-0.25, -0.2) is 14.4 Å². The van der Waals surface area contributed by atoms with E-state index in [4.69, 9.17) is 16.6 Å². The van der Waals surface area contributed by atoms with Gasteiger partial charge in [0, 0.05) is 31.2 Å². The first-order chi connectivity index (χ1) is 14.5. The Bertz CT molecular complexity index is 1120. The van der Waals surface area contributed by atoms with Gasteiger partial charge in [0.2, 0.25) is 5.78 Å². The minimum Gasteiger partial charge on any atom is -0.349 e. The molecule has 0 spiro atoms. The first-order valence-corrected chi connectivity index (χ1v) is 10.0. The number of aryl methyl sites for hydroxylation is 1. The SMILES string of the molecule is Cc1nc(C(=O)c2cccc(Cl)c2F)c(N2C[C@@H]3C[C@@H]2CN3)nc1Nc1ccn[nH]1. The molecule has 0 amide bonds. The lowest BCUT2D eigenvalue weighted by atomic mass is 10.1. The second kappa shape index (κ2) is 7.33. The van der Waals surface area contributed by atoms with Crippen molar-refractivity contribution in [1.82, 2.24) is 25.5 Å². The van der Waals surface area contributed by atoms with E-state index in [1.165, 1.54) is 12.1 Å². The van der Waals surface area contributed by atoms with Crippen molar-refractivity contribution >= 4 is 34.8 Å². The lowest BCUT2D eigenvalue weighted by molar-refractivity contribution is 0.103. The summed E-state index contributed by atoms with van der Waals surface area (Å²) in [5, 5.41) is 13.2. The van der Waals surface area contributed by atoms with Crippen LogP contribution in [0.15, 0.2) is 30.5 Å². The molecular weight excluding hydrogens is 409 g/mol. The molecule has 30 heavy (non-hydrogen) atoms. The van der Waals surface area contributed by atoms with Crippen molar-refractivity contribution in [2.24, 2.45) is 0 Å². The van der Waals surface area contributed by atoms with E-state index in [1.807, 2.05) is 0 Å². The first-order valence-electron chi connectivity index (χ1n) is 9.65. The smallest absolute Gasteiger partial charge is 0.218 e. The lowest BCUT2D eigenvalue weighted by Gasteiger charge is -2.30. The summed E-state index contributed by atoms with van der Waals surface area (Å²) >= 11 is 5.90. The molecule has 2 aliphatic rings. The van der Waals surface area contributed by atoms with Gasteiger partial charge in [-0.05, 0) is 25.5 Å². The molecular formula is C20H19ClFN7O. The van der Waals surface area contributed by atoms with Crippen molar-refractivity contribution in [2.75, 3.05) is 23.3 Å². The molecule has 3 N–H and O–H groups in total. The first kappa shape index (κ1) is 19.0. The highest BCUT2D eigenvalue weighted by Gasteiger charge is 2.40. The van der Waals surface area contributed by atoms with E-state index in [0.717, 1.165) is 13.0 Å². The highest BCUT2D eigenvalue weighted by atomic mass is 35.5. The number of ketones is 1. The molecule has 1 aromatic carbocycles. The van der Waals surface area contributed by atoms with Crippen molar-refractivity contribution in [1.29, 1.82) is 0 Å². The Morgan fingerprint density at radius 1 is 1.33 bits per heavy atom. The van der Waals surface area contributed by atoms with E-state index in [1.54, 1.807) is 25.3 Å². The van der Waals surface area contributed by atoms with Gasteiger partial charge in [-0.1, -0.05) is 17.7 Å². The summed E-state index contributed by atoms with van der Waals surface area (Å²) in [4.78, 5) is 24.7. The Kier molecular flexibility index (Phi) is 4.63. The molecule has 2 aliphatic heterocycles. The number of piperazine rings is 1. The van der Waals surface area contributed by atoms with Crippen molar-refractivity contribution in [3.63, 3.8) is 0 Å². The van der Waals surface area contributed by atoms with Gasteiger partial charge in [0.25, 0.3) is 0 Å². The highest BCUT2D eigenvalue weighted by Crippen LogP contribution is 2.33. The molecule has 2 aromatic heterocycles. The van der Waals surface area contributed by atoms with Crippen LogP contribution in [0.1, 0.15) is 28.2 Å². The number of hydrogen-bond donors (Lipinski definition) is 3. The van der Waals surface area contributed by atoms with Gasteiger partial charge in [0.15, 0.2) is 23.1 Å². The van der Waals surface area contributed by atoms with Gasteiger partial charge >= 0.3 is 0 Å². The van der Waals surface area contributed by atoms with Gasteiger partial charge in [-0.15, -0.1) is 0 Å². The monoisotopic (exact) mass is 427 g/mol. The number of fused-ring (bicyclic) bond motifs is 2. The molecule has 2 atom stereocenters. The van der Waals surface area contributed by atoms with Crippen LogP contribution in [0.25, 0.3) is 0 Å². The number of rotatable bonds is 5. The Morgan fingerprint density at radius 2 is 2.20 bits per heavy atom. The molecule has 2 saturated heterocycles. The van der Waals surface area contributed by atoms with Crippen LogP contribution >= 0.6 is 11.6 Å². The minimum atomic E-state index is -0.751. The molecule has 0 unspecified atom stereocenters. The van der Waals surface area contributed by atoms with Crippen molar-refractivity contribution in [3.8, 4) is 0 Å². The fourth-order valence-electron chi connectivity index (χ4n) is 4.06. The number of carbonyl (C=O) groups is 1. The third-order valence-corrected chi connectivity index (χ3v) is 5.84. The largest absolute Gasteiger partial charge is 0.349 e. The topological polar surface area (TPSA) is 98.8 Å². The van der Waals surface area contributed by atoms with E-state index in [2.05, 4.69) is 30.7 Å². The van der Waals surface area contributed by atoms with Crippen molar-refractivity contribution < 1.29 is 9.18 Å². The third-order valence-electron chi connectivity index (χ3n) is 5.55. The van der Waals surface area contributed by atoms with E-state index in [-0.39, 0.29) is 22.3 Å². The molecule has 10 heteroatoms. The normalized spacial score (nSPS) is 20.0. The van der Waals surface area contributed by atoms with Crippen molar-refractivity contribution in [3.05, 3.63) is 58.3 Å². The zero-order chi connectivity index (χ0) is 20.8. The summed E-state index contributed by atoms with van der Waals surface area (Å²) in [6, 6.07) is 6.69. The number of nitrogens with one attached hydrogen (secondary N) is 3. The predicted octanol–water partition coefficient (Wildman–Crippen LogP) is 2.83. The number of halogens is 2. The van der Waals surface area contributed by atoms with Crippen LogP contribution in [-0.2, 0) is 0 Å². The standard InChI is InChI=1S/C20H19ClFN7O/c1-10-19(26-15-5-6-24-28-15)27-20(29-9-11-7-12(29)8-23-11)17(25-10)18(30)13-3-2-4-14(21)16(13)22/h2-6,11-12,23H,7-9H2,1H3,(H2,24,26,27,28)/t11-,12+/m0/s1. The second-order valence-electron chi connectivity index (χ2n) is 7.50. The summed E-state index contributed by atoms with van der Waals surface area (Å²) in [6.07, 6.45) is 2.59. The van der Waals surface area contributed by atoms with Crippen LogP contribution in [0, 0.1) is 12.7 Å².